The monoisotopic (exact) mass is 684 g/mol. The van der Waals surface area contributed by atoms with Crippen molar-refractivity contribution in [1.82, 2.24) is 14.6 Å². The molecular weight excluding hydrogens is 636 g/mol. The lowest BCUT2D eigenvalue weighted by atomic mass is 10.0. The highest BCUT2D eigenvalue weighted by Crippen LogP contribution is 2.33. The Balaban J connectivity index is 1.39. The lowest BCUT2D eigenvalue weighted by Crippen LogP contribution is -2.51. The minimum atomic E-state index is -4.14. The molecule has 12 nitrogen and oxygen atoms in total. The second kappa shape index (κ2) is 15.4. The normalized spacial score (nSPS) is 21.7. The van der Waals surface area contributed by atoms with Gasteiger partial charge in [-0.05, 0) is 55.4 Å². The van der Waals surface area contributed by atoms with Crippen molar-refractivity contribution in [2.45, 2.75) is 82.9 Å². The van der Waals surface area contributed by atoms with Crippen molar-refractivity contribution in [3.63, 3.8) is 0 Å². The quantitative estimate of drug-likeness (QED) is 0.181. The Morgan fingerprint density at radius 3 is 2.58 bits per heavy atom. The summed E-state index contributed by atoms with van der Waals surface area (Å²) in [4.78, 5) is 20.6. The van der Waals surface area contributed by atoms with Crippen LogP contribution in [0.5, 0.6) is 5.88 Å². The standard InChI is InChI=1S/C35H48N4O8S/c1-21(2)18-39(48(43,44)25-11-12-29-27(16-25)28(33(41)37-29)17-36-23(5)22(3)4)19-31(40)30(15-24-9-7-6-8-10-24)38-35(42)47-32-20-46-34-26(32)13-14-45-34/h6-12,16-17,21-23,26,30-32,34,37,40-41H,13-15,18-20H2,1-5H3,(H,38,42)/t23?,26?,30-,31+,32-,34?/m0/s1. The van der Waals surface area contributed by atoms with Crippen LogP contribution in [0.1, 0.15) is 52.2 Å². The third kappa shape index (κ3) is 8.38. The maximum absolute atomic E-state index is 14.2. The fraction of sp³-hybridized carbons (Fsp3) is 0.543. The van der Waals surface area contributed by atoms with E-state index in [1.807, 2.05) is 65.0 Å². The first-order valence-electron chi connectivity index (χ1n) is 16.6. The molecule has 48 heavy (non-hydrogen) atoms. The zero-order valence-corrected chi connectivity index (χ0v) is 29.0. The number of aromatic amines is 1. The van der Waals surface area contributed by atoms with Crippen LogP contribution in [0.4, 0.5) is 4.79 Å². The predicted octanol–water partition coefficient (Wildman–Crippen LogP) is 4.44. The van der Waals surface area contributed by atoms with E-state index < -0.39 is 34.4 Å². The molecule has 2 fully saturated rings. The van der Waals surface area contributed by atoms with E-state index in [1.54, 1.807) is 12.3 Å². The van der Waals surface area contributed by atoms with Gasteiger partial charge in [0.25, 0.3) is 0 Å². The Hall–Kier alpha value is -3.49. The van der Waals surface area contributed by atoms with Gasteiger partial charge in [-0.2, -0.15) is 4.31 Å². The van der Waals surface area contributed by atoms with Crippen molar-refractivity contribution in [3.8, 4) is 5.88 Å². The fourth-order valence-corrected chi connectivity index (χ4v) is 7.67. The SMILES string of the molecule is CC(C)CN(C[C@@H](O)[C@H](Cc1ccccc1)NC(=O)O[C@H]1COC2OCCC21)S(=O)(=O)c1ccc2[nH]c(O)c(C=NC(C)C(C)C)c2c1. The minimum absolute atomic E-state index is 0.000788. The average molecular weight is 685 g/mol. The maximum Gasteiger partial charge on any atom is 0.407 e. The highest BCUT2D eigenvalue weighted by atomic mass is 32.2. The van der Waals surface area contributed by atoms with Crippen molar-refractivity contribution in [1.29, 1.82) is 0 Å². The molecule has 4 N–H and O–H groups in total. The van der Waals surface area contributed by atoms with Gasteiger partial charge in [0.1, 0.15) is 6.10 Å². The number of aliphatic hydroxyl groups excluding tert-OH is 1. The van der Waals surface area contributed by atoms with Crippen LogP contribution in [0.15, 0.2) is 58.4 Å². The molecular formula is C35H48N4O8S. The lowest BCUT2D eigenvalue weighted by Gasteiger charge is -2.31. The first-order chi connectivity index (χ1) is 22.8. The average Bonchev–Trinajstić information content (AvgIpc) is 3.74. The molecule has 2 aliphatic heterocycles. The number of aromatic nitrogens is 1. The van der Waals surface area contributed by atoms with Crippen LogP contribution in [0.25, 0.3) is 10.9 Å². The van der Waals surface area contributed by atoms with Crippen molar-refractivity contribution in [2.24, 2.45) is 22.7 Å². The number of amides is 1. The molecule has 1 aromatic heterocycles. The molecule has 0 bridgehead atoms. The van der Waals surface area contributed by atoms with E-state index in [0.717, 1.165) is 12.0 Å². The number of H-pyrrole nitrogens is 1. The molecule has 0 aliphatic carbocycles. The zero-order chi connectivity index (χ0) is 34.6. The number of hydrogen-bond acceptors (Lipinski definition) is 9. The molecule has 3 aromatic rings. The summed E-state index contributed by atoms with van der Waals surface area (Å²) in [6, 6.07) is 13.1. The molecule has 2 aliphatic rings. The molecule has 13 heteroatoms. The van der Waals surface area contributed by atoms with E-state index in [4.69, 9.17) is 14.2 Å². The minimum Gasteiger partial charge on any atom is -0.494 e. The van der Waals surface area contributed by atoms with Gasteiger partial charge in [0, 0.05) is 36.2 Å². The molecule has 3 unspecified atom stereocenters. The van der Waals surface area contributed by atoms with Gasteiger partial charge < -0.3 is 34.7 Å². The predicted molar refractivity (Wildman–Crippen MR) is 183 cm³/mol. The summed E-state index contributed by atoms with van der Waals surface area (Å²) in [7, 11) is -4.14. The van der Waals surface area contributed by atoms with Crippen LogP contribution >= 0.6 is 0 Å². The van der Waals surface area contributed by atoms with Crippen molar-refractivity contribution >= 4 is 33.2 Å². The molecule has 1 amide bonds. The number of nitrogens with zero attached hydrogens (tertiary/aromatic N) is 2. The van der Waals surface area contributed by atoms with Crippen LogP contribution in [-0.4, -0.2) is 97.1 Å². The smallest absolute Gasteiger partial charge is 0.407 e. The van der Waals surface area contributed by atoms with E-state index in [9.17, 15) is 23.4 Å². The van der Waals surface area contributed by atoms with Gasteiger partial charge in [0.2, 0.25) is 10.0 Å². The summed E-state index contributed by atoms with van der Waals surface area (Å²) in [5.74, 6) is 0.0652. The number of aliphatic hydroxyl groups is 1. The first kappa shape index (κ1) is 35.8. The van der Waals surface area contributed by atoms with E-state index in [2.05, 4.69) is 15.3 Å². The second-order valence-corrected chi connectivity index (χ2v) is 15.5. The van der Waals surface area contributed by atoms with Crippen LogP contribution in [0.2, 0.25) is 0 Å². The number of benzene rings is 2. The van der Waals surface area contributed by atoms with Gasteiger partial charge in [-0.1, -0.05) is 58.0 Å². The largest absolute Gasteiger partial charge is 0.494 e. The first-order valence-corrected chi connectivity index (χ1v) is 18.1. The number of carbonyl (C=O) groups excluding carboxylic acids is 1. The van der Waals surface area contributed by atoms with Gasteiger partial charge in [-0.3, -0.25) is 4.99 Å². The molecule has 262 valence electrons. The Labute approximate surface area is 282 Å². The molecule has 0 spiro atoms. The topological polar surface area (TPSA) is 163 Å². The summed E-state index contributed by atoms with van der Waals surface area (Å²) in [5.41, 5.74) is 1.82. The third-order valence-corrected chi connectivity index (χ3v) is 10.9. The number of nitrogens with one attached hydrogen (secondary N) is 2. The van der Waals surface area contributed by atoms with Crippen LogP contribution in [0, 0.1) is 17.8 Å². The van der Waals surface area contributed by atoms with E-state index in [1.165, 1.54) is 16.4 Å². The number of aliphatic imine (C=N–C) groups is 1. The van der Waals surface area contributed by atoms with Crippen LogP contribution in [0.3, 0.4) is 0 Å². The van der Waals surface area contributed by atoms with Crippen LogP contribution < -0.4 is 5.32 Å². The molecule has 2 aromatic carbocycles. The van der Waals surface area contributed by atoms with Crippen molar-refractivity contribution in [2.75, 3.05) is 26.3 Å². The Kier molecular flexibility index (Phi) is 11.5. The maximum atomic E-state index is 14.2. The number of rotatable bonds is 14. The van der Waals surface area contributed by atoms with E-state index in [-0.39, 0.29) is 67.0 Å². The molecule has 0 saturated carbocycles. The van der Waals surface area contributed by atoms with Crippen molar-refractivity contribution < 1.29 is 37.6 Å². The van der Waals surface area contributed by atoms with Gasteiger partial charge in [0.15, 0.2) is 12.2 Å². The molecule has 0 radical (unpaired) electrons. The summed E-state index contributed by atoms with van der Waals surface area (Å²) >= 11 is 0. The number of hydrogen-bond donors (Lipinski definition) is 4. The Bertz CT molecular complexity index is 1680. The number of fused-ring (bicyclic) bond motifs is 2. The third-order valence-electron chi connectivity index (χ3n) is 9.10. The fourth-order valence-electron chi connectivity index (χ4n) is 6.02. The summed E-state index contributed by atoms with van der Waals surface area (Å²) in [6.45, 7) is 10.5. The molecule has 2 saturated heterocycles. The summed E-state index contributed by atoms with van der Waals surface area (Å²) in [5, 5.41) is 25.6. The highest BCUT2D eigenvalue weighted by Gasteiger charge is 2.44. The number of ether oxygens (including phenoxy) is 3. The molecule has 3 heterocycles. The Morgan fingerprint density at radius 2 is 1.88 bits per heavy atom. The van der Waals surface area contributed by atoms with Gasteiger partial charge in [0.05, 0.1) is 41.7 Å². The van der Waals surface area contributed by atoms with E-state index >= 15 is 0 Å². The Morgan fingerprint density at radius 1 is 1.12 bits per heavy atom. The van der Waals surface area contributed by atoms with Gasteiger partial charge in [-0.15, -0.1) is 0 Å². The lowest BCUT2D eigenvalue weighted by molar-refractivity contribution is -0.0907. The summed E-state index contributed by atoms with van der Waals surface area (Å²) < 4.78 is 46.6. The molecule has 5 rings (SSSR count). The number of sulfonamides is 1. The molecule has 6 atom stereocenters. The second-order valence-electron chi connectivity index (χ2n) is 13.6. The highest BCUT2D eigenvalue weighted by molar-refractivity contribution is 7.89. The summed E-state index contributed by atoms with van der Waals surface area (Å²) in [6.07, 6.45) is -0.320. The van der Waals surface area contributed by atoms with Crippen molar-refractivity contribution in [3.05, 3.63) is 59.7 Å². The van der Waals surface area contributed by atoms with Crippen LogP contribution in [-0.2, 0) is 30.7 Å². The van der Waals surface area contributed by atoms with E-state index in [0.29, 0.717) is 23.1 Å². The zero-order valence-electron chi connectivity index (χ0n) is 28.2. The van der Waals surface area contributed by atoms with Gasteiger partial charge in [-0.25, -0.2) is 13.2 Å². The number of aromatic hydroxyl groups is 1. The van der Waals surface area contributed by atoms with Gasteiger partial charge >= 0.3 is 6.09 Å². The number of alkyl carbamates (subject to hydrolysis) is 1. The number of carbonyl (C=O) groups is 1.